The van der Waals surface area contributed by atoms with E-state index in [1.165, 1.54) is 11.8 Å². The van der Waals surface area contributed by atoms with Gasteiger partial charge >= 0.3 is 0 Å². The van der Waals surface area contributed by atoms with Crippen LogP contribution >= 0.6 is 23.4 Å². The fourth-order valence-electron chi connectivity index (χ4n) is 1.81. The van der Waals surface area contributed by atoms with E-state index in [0.717, 1.165) is 17.1 Å². The minimum Gasteiger partial charge on any atom is -0.469 e. The fraction of sp³-hybridized carbons (Fsp3) is 0.167. The predicted octanol–water partition coefficient (Wildman–Crippen LogP) is 2.56. The van der Waals surface area contributed by atoms with Crippen molar-refractivity contribution in [3.8, 4) is 11.4 Å². The second kappa shape index (κ2) is 5.38. The summed E-state index contributed by atoms with van der Waals surface area (Å²) in [5, 5.41) is 9.91. The number of furan rings is 1. The molecule has 0 bridgehead atoms. The Morgan fingerprint density at radius 2 is 2.14 bits per heavy atom. The van der Waals surface area contributed by atoms with Crippen LogP contribution in [0.1, 0.15) is 5.76 Å². The van der Waals surface area contributed by atoms with E-state index >= 15 is 0 Å². The Balaban J connectivity index is 1.94. The van der Waals surface area contributed by atoms with Crippen LogP contribution in [0.25, 0.3) is 11.4 Å². The van der Waals surface area contributed by atoms with Gasteiger partial charge in [0, 0.05) is 13.1 Å². The van der Waals surface area contributed by atoms with Gasteiger partial charge in [-0.25, -0.2) is 9.97 Å². The van der Waals surface area contributed by atoms with Crippen molar-refractivity contribution in [3.05, 3.63) is 29.3 Å². The first-order valence-corrected chi connectivity index (χ1v) is 7.16. The van der Waals surface area contributed by atoms with E-state index in [0.29, 0.717) is 10.2 Å². The third-order valence-electron chi connectivity index (χ3n) is 2.82. The Kier molecular flexibility index (Phi) is 3.56. The first-order valence-electron chi connectivity index (χ1n) is 5.96. The lowest BCUT2D eigenvalue weighted by Gasteiger charge is -2.03. The smallest absolute Gasteiger partial charge is 0.222 e. The summed E-state index contributed by atoms with van der Waals surface area (Å²) in [6, 6.07) is 3.48. The van der Waals surface area contributed by atoms with Crippen molar-refractivity contribution in [2.24, 2.45) is 7.05 Å². The predicted molar refractivity (Wildman–Crippen MR) is 79.0 cm³/mol. The Bertz CT molecular complexity index is 779. The maximum atomic E-state index is 5.86. The molecular formula is C12H11ClN6OS. The van der Waals surface area contributed by atoms with Gasteiger partial charge in [-0.05, 0) is 24.8 Å². The summed E-state index contributed by atoms with van der Waals surface area (Å²) in [7, 11) is 1.87. The highest BCUT2D eigenvalue weighted by Crippen LogP contribution is 2.30. The molecule has 0 unspecified atom stereocenters. The van der Waals surface area contributed by atoms with Crippen LogP contribution < -0.4 is 5.73 Å². The topological polar surface area (TPSA) is 95.7 Å². The second-order valence-corrected chi connectivity index (χ2v) is 5.62. The molecule has 108 valence electrons. The van der Waals surface area contributed by atoms with Crippen LogP contribution in [0.2, 0.25) is 5.15 Å². The summed E-state index contributed by atoms with van der Waals surface area (Å²) in [6.45, 7) is 1.88. The van der Waals surface area contributed by atoms with Crippen molar-refractivity contribution >= 4 is 29.3 Å². The van der Waals surface area contributed by atoms with Crippen LogP contribution in [-0.4, -0.2) is 24.7 Å². The molecule has 3 rings (SSSR count). The SMILES string of the molecule is Cc1occc1-c1nnc(Sc2cc(Cl)nc(N)n2)n1C. The molecule has 0 saturated heterocycles. The van der Waals surface area contributed by atoms with Gasteiger partial charge in [-0.3, -0.25) is 0 Å². The molecule has 2 N–H and O–H groups in total. The number of anilines is 1. The maximum Gasteiger partial charge on any atom is 0.222 e. The molecule has 9 heteroatoms. The van der Waals surface area contributed by atoms with Gasteiger partial charge in [0.25, 0.3) is 0 Å². The molecule has 0 saturated carbocycles. The molecule has 0 spiro atoms. The monoisotopic (exact) mass is 322 g/mol. The molecule has 0 amide bonds. The van der Waals surface area contributed by atoms with E-state index in [1.807, 2.05) is 24.6 Å². The van der Waals surface area contributed by atoms with Gasteiger partial charge in [0.05, 0.1) is 11.8 Å². The molecule has 3 aromatic heterocycles. The van der Waals surface area contributed by atoms with Gasteiger partial charge in [0.15, 0.2) is 11.0 Å². The summed E-state index contributed by atoms with van der Waals surface area (Å²) in [6.07, 6.45) is 1.62. The minimum absolute atomic E-state index is 0.123. The van der Waals surface area contributed by atoms with Crippen LogP contribution in [0.3, 0.4) is 0 Å². The van der Waals surface area contributed by atoms with Gasteiger partial charge < -0.3 is 14.7 Å². The average Bonchev–Trinajstić information content (AvgIpc) is 2.96. The van der Waals surface area contributed by atoms with Crippen LogP contribution in [0, 0.1) is 6.92 Å². The number of hydrogen-bond donors (Lipinski definition) is 1. The number of nitrogens with zero attached hydrogens (tertiary/aromatic N) is 5. The standard InChI is InChI=1S/C12H11ClN6OS/c1-6-7(3-4-20-6)10-17-18-12(19(10)2)21-9-5-8(13)15-11(14)16-9/h3-5H,1-2H3,(H2,14,15,16). The largest absolute Gasteiger partial charge is 0.469 e. The molecule has 0 aliphatic carbocycles. The summed E-state index contributed by atoms with van der Waals surface area (Å²) in [4.78, 5) is 7.92. The van der Waals surface area contributed by atoms with Gasteiger partial charge in [-0.15, -0.1) is 10.2 Å². The summed E-state index contributed by atoms with van der Waals surface area (Å²) in [5.74, 6) is 1.63. The molecule has 0 aliphatic heterocycles. The number of halogens is 1. The van der Waals surface area contributed by atoms with Crippen molar-refractivity contribution < 1.29 is 4.42 Å². The van der Waals surface area contributed by atoms with Gasteiger partial charge in [0.2, 0.25) is 5.95 Å². The van der Waals surface area contributed by atoms with Crippen LogP contribution in [0.15, 0.2) is 33.0 Å². The van der Waals surface area contributed by atoms with E-state index in [2.05, 4.69) is 20.2 Å². The summed E-state index contributed by atoms with van der Waals surface area (Å²) >= 11 is 7.17. The van der Waals surface area contributed by atoms with Crippen LogP contribution in [-0.2, 0) is 7.05 Å². The van der Waals surface area contributed by atoms with E-state index in [-0.39, 0.29) is 11.1 Å². The lowest BCUT2D eigenvalue weighted by molar-refractivity contribution is 0.534. The number of nitrogens with two attached hydrogens (primary N) is 1. The van der Waals surface area contributed by atoms with Crippen molar-refractivity contribution in [1.82, 2.24) is 24.7 Å². The first kappa shape index (κ1) is 13.9. The minimum atomic E-state index is 0.123. The average molecular weight is 323 g/mol. The second-order valence-electron chi connectivity index (χ2n) is 4.24. The van der Waals surface area contributed by atoms with Gasteiger partial charge in [0.1, 0.15) is 15.9 Å². The highest BCUT2D eigenvalue weighted by molar-refractivity contribution is 7.99. The Labute approximate surface area is 129 Å². The fourth-order valence-corrected chi connectivity index (χ4v) is 2.87. The van der Waals surface area contributed by atoms with Crippen LogP contribution in [0.4, 0.5) is 5.95 Å². The molecular weight excluding hydrogens is 312 g/mol. The lowest BCUT2D eigenvalue weighted by atomic mass is 10.2. The molecule has 7 nitrogen and oxygen atoms in total. The van der Waals surface area contributed by atoms with Gasteiger partial charge in [-0.2, -0.15) is 0 Å². The molecule has 0 radical (unpaired) electrons. The number of hydrogen-bond acceptors (Lipinski definition) is 7. The van der Waals surface area contributed by atoms with E-state index in [4.69, 9.17) is 21.8 Å². The molecule has 0 aromatic carbocycles. The first-order chi connectivity index (χ1) is 10.0. The zero-order valence-corrected chi connectivity index (χ0v) is 12.8. The molecule has 0 aliphatic rings. The Hall–Kier alpha value is -2.06. The van der Waals surface area contributed by atoms with E-state index in [9.17, 15) is 0 Å². The molecule has 3 heterocycles. The van der Waals surface area contributed by atoms with Crippen molar-refractivity contribution in [2.45, 2.75) is 17.1 Å². The molecule has 3 aromatic rings. The Morgan fingerprint density at radius 1 is 1.33 bits per heavy atom. The third kappa shape index (κ3) is 2.72. The summed E-state index contributed by atoms with van der Waals surface area (Å²) < 4.78 is 7.15. The quantitative estimate of drug-likeness (QED) is 0.740. The lowest BCUT2D eigenvalue weighted by Crippen LogP contribution is -1.98. The number of rotatable bonds is 3. The van der Waals surface area contributed by atoms with Crippen molar-refractivity contribution in [2.75, 3.05) is 5.73 Å². The van der Waals surface area contributed by atoms with Crippen molar-refractivity contribution in [3.63, 3.8) is 0 Å². The third-order valence-corrected chi connectivity index (χ3v) is 3.97. The van der Waals surface area contributed by atoms with E-state index < -0.39 is 0 Å². The molecule has 0 fully saturated rings. The highest BCUT2D eigenvalue weighted by atomic mass is 35.5. The number of aromatic nitrogens is 5. The van der Waals surface area contributed by atoms with Crippen LogP contribution in [0.5, 0.6) is 0 Å². The molecule has 0 atom stereocenters. The number of nitrogen functional groups attached to an aromatic ring is 1. The van der Waals surface area contributed by atoms with Crippen molar-refractivity contribution in [1.29, 1.82) is 0 Å². The van der Waals surface area contributed by atoms with Gasteiger partial charge in [-0.1, -0.05) is 11.6 Å². The normalized spacial score (nSPS) is 11.0. The highest BCUT2D eigenvalue weighted by Gasteiger charge is 2.16. The van der Waals surface area contributed by atoms with E-state index in [1.54, 1.807) is 12.3 Å². The number of aryl methyl sites for hydroxylation is 1. The Morgan fingerprint density at radius 3 is 2.81 bits per heavy atom. The summed E-state index contributed by atoms with van der Waals surface area (Å²) in [5.41, 5.74) is 6.48. The zero-order valence-electron chi connectivity index (χ0n) is 11.2. The zero-order chi connectivity index (χ0) is 15.0. The maximum absolute atomic E-state index is 5.86. The molecule has 21 heavy (non-hydrogen) atoms.